The predicted molar refractivity (Wildman–Crippen MR) is 101 cm³/mol. The fraction of sp³-hybridized carbons (Fsp3) is 0.263. The van der Waals surface area contributed by atoms with Gasteiger partial charge in [-0.15, -0.1) is 0 Å². The summed E-state index contributed by atoms with van der Waals surface area (Å²) in [6.45, 7) is 8.15. The number of amides is 1. The molecule has 126 valence electrons. The first-order valence-corrected chi connectivity index (χ1v) is 8.34. The fourth-order valence-corrected chi connectivity index (χ4v) is 2.58. The summed E-state index contributed by atoms with van der Waals surface area (Å²) in [7, 11) is 0. The third-order valence-corrected chi connectivity index (χ3v) is 4.22. The van der Waals surface area contributed by atoms with Crippen LogP contribution in [0.25, 0.3) is 0 Å². The lowest BCUT2D eigenvalue weighted by Gasteiger charge is -2.18. The molecule has 24 heavy (non-hydrogen) atoms. The number of hydrogen-bond acceptors (Lipinski definition) is 2. The highest BCUT2D eigenvalue weighted by molar-refractivity contribution is 6.36. The van der Waals surface area contributed by atoms with E-state index in [0.29, 0.717) is 26.9 Å². The summed E-state index contributed by atoms with van der Waals surface area (Å²) >= 11 is 12.1. The van der Waals surface area contributed by atoms with Crippen LogP contribution in [0.5, 0.6) is 0 Å². The number of hydrogen-bond donors (Lipinski definition) is 1. The SMILES string of the molecule is CC(=NNC(=O)c1ccc(C(C)(C)C)cc1)c1cc(Cl)ccc1Cl. The van der Waals surface area contributed by atoms with E-state index >= 15 is 0 Å². The van der Waals surface area contributed by atoms with Gasteiger partial charge in [-0.2, -0.15) is 5.10 Å². The van der Waals surface area contributed by atoms with E-state index in [4.69, 9.17) is 23.2 Å². The molecule has 0 unspecified atom stereocenters. The Morgan fingerprint density at radius 1 is 1.04 bits per heavy atom. The van der Waals surface area contributed by atoms with Gasteiger partial charge in [-0.3, -0.25) is 4.79 Å². The molecule has 5 heteroatoms. The number of halogens is 2. The van der Waals surface area contributed by atoms with E-state index in [1.165, 1.54) is 5.56 Å². The molecule has 0 aliphatic heterocycles. The van der Waals surface area contributed by atoms with Crippen LogP contribution >= 0.6 is 23.2 Å². The molecular formula is C19H20Cl2N2O. The fourth-order valence-electron chi connectivity index (χ4n) is 2.16. The van der Waals surface area contributed by atoms with Gasteiger partial charge in [-0.1, -0.05) is 56.1 Å². The molecule has 1 amide bonds. The zero-order valence-electron chi connectivity index (χ0n) is 14.2. The Hall–Kier alpha value is -1.84. The third kappa shape index (κ3) is 4.59. The second-order valence-electron chi connectivity index (χ2n) is 6.59. The van der Waals surface area contributed by atoms with E-state index in [-0.39, 0.29) is 11.3 Å². The van der Waals surface area contributed by atoms with Gasteiger partial charge in [-0.05, 0) is 48.2 Å². The van der Waals surface area contributed by atoms with Gasteiger partial charge in [0.2, 0.25) is 0 Å². The van der Waals surface area contributed by atoms with Crippen molar-refractivity contribution in [3.63, 3.8) is 0 Å². The highest BCUT2D eigenvalue weighted by Crippen LogP contribution is 2.23. The minimum Gasteiger partial charge on any atom is -0.267 e. The molecule has 0 saturated carbocycles. The summed E-state index contributed by atoms with van der Waals surface area (Å²) in [6, 6.07) is 12.6. The van der Waals surface area contributed by atoms with Gasteiger partial charge in [0.05, 0.1) is 5.71 Å². The van der Waals surface area contributed by atoms with Crippen LogP contribution in [0, 0.1) is 0 Å². The first kappa shape index (κ1) is 18.5. The molecule has 0 heterocycles. The number of benzene rings is 2. The Bertz CT molecular complexity index is 775. The van der Waals surface area contributed by atoms with Crippen molar-refractivity contribution in [2.45, 2.75) is 33.1 Å². The number of nitrogens with one attached hydrogen (secondary N) is 1. The summed E-state index contributed by atoms with van der Waals surface area (Å²) in [6.07, 6.45) is 0. The second-order valence-corrected chi connectivity index (χ2v) is 7.43. The van der Waals surface area contributed by atoms with E-state index in [1.54, 1.807) is 37.3 Å². The molecule has 0 atom stereocenters. The van der Waals surface area contributed by atoms with Gasteiger partial charge in [0, 0.05) is 21.2 Å². The molecular weight excluding hydrogens is 343 g/mol. The predicted octanol–water partition coefficient (Wildman–Crippen LogP) is 5.44. The molecule has 2 aromatic rings. The second kappa shape index (κ2) is 7.37. The highest BCUT2D eigenvalue weighted by Gasteiger charge is 2.14. The van der Waals surface area contributed by atoms with Crippen molar-refractivity contribution in [1.82, 2.24) is 5.43 Å². The summed E-state index contributed by atoms with van der Waals surface area (Å²) in [5.41, 5.74) is 5.59. The molecule has 0 spiro atoms. The van der Waals surface area contributed by atoms with Gasteiger partial charge < -0.3 is 0 Å². The Kier molecular flexibility index (Phi) is 5.68. The first-order chi connectivity index (χ1) is 11.2. The third-order valence-electron chi connectivity index (χ3n) is 3.66. The molecule has 2 aromatic carbocycles. The van der Waals surface area contributed by atoms with Crippen molar-refractivity contribution >= 4 is 34.8 Å². The first-order valence-electron chi connectivity index (χ1n) is 7.59. The van der Waals surface area contributed by atoms with Crippen LogP contribution < -0.4 is 5.43 Å². The van der Waals surface area contributed by atoms with Crippen molar-refractivity contribution in [2.75, 3.05) is 0 Å². The summed E-state index contributed by atoms with van der Waals surface area (Å²) in [5.74, 6) is -0.270. The van der Waals surface area contributed by atoms with E-state index in [0.717, 1.165) is 0 Å². The Balaban J connectivity index is 2.13. The summed E-state index contributed by atoms with van der Waals surface area (Å²) in [4.78, 5) is 12.2. The van der Waals surface area contributed by atoms with Crippen molar-refractivity contribution in [1.29, 1.82) is 0 Å². The summed E-state index contributed by atoms with van der Waals surface area (Å²) < 4.78 is 0. The minimum absolute atomic E-state index is 0.0487. The topological polar surface area (TPSA) is 41.5 Å². The minimum atomic E-state index is -0.270. The molecule has 1 N–H and O–H groups in total. The number of carbonyl (C=O) groups excluding carboxylic acids is 1. The van der Waals surface area contributed by atoms with Crippen LogP contribution in [0.15, 0.2) is 47.6 Å². The van der Waals surface area contributed by atoms with Crippen LogP contribution in [0.2, 0.25) is 10.0 Å². The van der Waals surface area contributed by atoms with Gasteiger partial charge in [0.25, 0.3) is 5.91 Å². The number of carbonyl (C=O) groups is 1. The molecule has 0 bridgehead atoms. The van der Waals surface area contributed by atoms with Crippen LogP contribution in [-0.2, 0) is 5.41 Å². The van der Waals surface area contributed by atoms with Gasteiger partial charge >= 0.3 is 0 Å². The number of nitrogens with zero attached hydrogens (tertiary/aromatic N) is 1. The standard InChI is InChI=1S/C19H20Cl2N2O/c1-12(16-11-15(20)9-10-17(16)21)22-23-18(24)13-5-7-14(8-6-13)19(2,3)4/h5-11H,1-4H3,(H,23,24). The maximum Gasteiger partial charge on any atom is 0.271 e. The quantitative estimate of drug-likeness (QED) is 0.572. The highest BCUT2D eigenvalue weighted by atomic mass is 35.5. The van der Waals surface area contributed by atoms with Gasteiger partial charge in [-0.25, -0.2) is 5.43 Å². The lowest BCUT2D eigenvalue weighted by Crippen LogP contribution is -2.20. The molecule has 0 fully saturated rings. The zero-order chi connectivity index (χ0) is 17.9. The largest absolute Gasteiger partial charge is 0.271 e. The molecule has 2 rings (SSSR count). The van der Waals surface area contributed by atoms with E-state index in [2.05, 4.69) is 31.3 Å². The normalized spacial score (nSPS) is 12.2. The monoisotopic (exact) mass is 362 g/mol. The van der Waals surface area contributed by atoms with Crippen molar-refractivity contribution < 1.29 is 4.79 Å². The smallest absolute Gasteiger partial charge is 0.267 e. The van der Waals surface area contributed by atoms with Crippen LogP contribution in [0.1, 0.15) is 49.2 Å². The zero-order valence-corrected chi connectivity index (χ0v) is 15.7. The average Bonchev–Trinajstić information content (AvgIpc) is 2.53. The average molecular weight is 363 g/mol. The molecule has 0 saturated heterocycles. The van der Waals surface area contributed by atoms with E-state index in [1.807, 2.05) is 12.1 Å². The molecule has 0 radical (unpaired) electrons. The lowest BCUT2D eigenvalue weighted by atomic mass is 9.87. The Labute approximate surface area is 152 Å². The molecule has 0 aliphatic rings. The molecule has 3 nitrogen and oxygen atoms in total. The van der Waals surface area contributed by atoms with Crippen molar-refractivity contribution in [3.05, 3.63) is 69.2 Å². The molecule has 0 aromatic heterocycles. The maximum atomic E-state index is 12.2. The van der Waals surface area contributed by atoms with Crippen molar-refractivity contribution in [3.8, 4) is 0 Å². The van der Waals surface area contributed by atoms with Gasteiger partial charge in [0.1, 0.15) is 0 Å². The Morgan fingerprint density at radius 2 is 1.67 bits per heavy atom. The van der Waals surface area contributed by atoms with E-state index in [9.17, 15) is 4.79 Å². The lowest BCUT2D eigenvalue weighted by molar-refractivity contribution is 0.0955. The molecule has 0 aliphatic carbocycles. The van der Waals surface area contributed by atoms with Gasteiger partial charge in [0.15, 0.2) is 0 Å². The van der Waals surface area contributed by atoms with Crippen LogP contribution in [-0.4, -0.2) is 11.6 Å². The van der Waals surface area contributed by atoms with E-state index < -0.39 is 0 Å². The number of rotatable bonds is 3. The van der Waals surface area contributed by atoms with Crippen molar-refractivity contribution in [2.24, 2.45) is 5.10 Å². The van der Waals surface area contributed by atoms with Crippen LogP contribution in [0.3, 0.4) is 0 Å². The Morgan fingerprint density at radius 3 is 2.25 bits per heavy atom. The maximum absolute atomic E-state index is 12.2. The summed E-state index contributed by atoms with van der Waals surface area (Å²) in [5, 5.41) is 5.21. The van der Waals surface area contributed by atoms with Crippen LogP contribution in [0.4, 0.5) is 0 Å². The number of hydrazone groups is 1.